The van der Waals surface area contributed by atoms with E-state index in [1.54, 1.807) is 74.9 Å². The van der Waals surface area contributed by atoms with Crippen molar-refractivity contribution in [1.29, 1.82) is 0 Å². The highest BCUT2D eigenvalue weighted by atomic mass is 16.5. The molecular weight excluding hydrogens is 1360 g/mol. The highest BCUT2D eigenvalue weighted by Gasteiger charge is 2.22. The lowest BCUT2D eigenvalue weighted by Gasteiger charge is -2.12. The van der Waals surface area contributed by atoms with Crippen LogP contribution in [0.15, 0.2) is 166 Å². The maximum absolute atomic E-state index is 13.5. The van der Waals surface area contributed by atoms with Gasteiger partial charge >= 0.3 is 12.0 Å². The fourth-order valence-electron chi connectivity index (χ4n) is 11.8. The number of nitrogens with zero attached hydrogens (tertiary/aromatic N) is 12. The largest absolute Gasteiger partial charge is 0.507 e. The number of amides is 4. The van der Waals surface area contributed by atoms with Crippen molar-refractivity contribution in [2.24, 2.45) is 20.5 Å². The van der Waals surface area contributed by atoms with Crippen molar-refractivity contribution in [2.75, 3.05) is 62.7 Å². The zero-order valence-corrected chi connectivity index (χ0v) is 58.3. The Balaban J connectivity index is 0.623. The van der Waals surface area contributed by atoms with Crippen molar-refractivity contribution in [3.8, 4) is 46.7 Å². The number of nitrogens with two attached hydrogens (primary N) is 2. The molecule has 4 amide bonds. The van der Waals surface area contributed by atoms with E-state index in [1.807, 2.05) is 98.8 Å². The maximum atomic E-state index is 13.5. The topological polar surface area (TPSA) is 423 Å². The SMILES string of the molecule is COCCOc1nc(N)c2nc(O)n(Cc3ccc(CNC(=O)CCCC(=O)Nc4ccc5cc(C)cc(O)c5c4/N=N/c4ccc(-c5ccc(/N=N/c6c(NC(=O)CCCC(=O)NCc7ccc(Cn8c(O)nc9c(N)nc(OCCOC)nc98)cc7)ccc7cc(C)cc(O)c67)cc5)cc4)cc3)c2n1. The second kappa shape index (κ2) is 33.3. The van der Waals surface area contributed by atoms with Crippen LogP contribution in [0.3, 0.4) is 0 Å². The molecule has 12 rings (SSSR count). The monoisotopic (exact) mass is 1430 g/mol. The van der Waals surface area contributed by atoms with Crippen LogP contribution in [0.25, 0.3) is 55.0 Å². The number of benzene rings is 8. The summed E-state index contributed by atoms with van der Waals surface area (Å²) >= 11 is 0. The Bertz CT molecular complexity index is 4970. The minimum atomic E-state index is -0.363. The van der Waals surface area contributed by atoms with Crippen LogP contribution >= 0.6 is 0 Å². The van der Waals surface area contributed by atoms with E-state index in [2.05, 4.69) is 71.6 Å². The van der Waals surface area contributed by atoms with Crippen LogP contribution in [-0.4, -0.2) is 124 Å². The quantitative estimate of drug-likeness (QED) is 0.0142. The zero-order valence-electron chi connectivity index (χ0n) is 58.3. The number of aromatic hydroxyl groups is 4. The standard InChI is InChI=1S/C76H76N18O12/c1-43-35-51-23-29-55(81-61(99)9-5-7-59(97)79-39-45-11-15-47(16-12-45)41-93-71-67(83-75(93)101)69(77)85-73(87-71)105-33-31-103-3)65(63(51)57(95)37-43)91-89-53-25-19-49(20-26-53)50-21-27-54(28-22-50)90-92-66-56(30-24-52-36-44(2)38-58(96)64(52)66)82-62(100)10-6-8-60(98)80-40-46-13-17-48(18-14-46)42-94-72-68(84-76(94)102)70(78)86-74(88-72)106-34-32-104-4/h11-30,35-38,95-96H,5-10,31-34,39-42H2,1-4H3,(H,79,97)(H,80,98)(H,81,99)(H,82,100)(H,83,101)(H,84,102)(H2,77,85,87)(H2,78,86,88)/b91-89+,92-90+. The van der Waals surface area contributed by atoms with Crippen LogP contribution in [0.2, 0.25) is 0 Å². The smallest absolute Gasteiger partial charge is 0.320 e. The summed E-state index contributed by atoms with van der Waals surface area (Å²) in [5.74, 6) is -1.16. The van der Waals surface area contributed by atoms with Crippen LogP contribution in [0, 0.1) is 13.8 Å². The van der Waals surface area contributed by atoms with Gasteiger partial charge in [0.1, 0.15) is 36.1 Å². The molecule has 542 valence electrons. The Morgan fingerprint density at radius 3 is 1.21 bits per heavy atom. The van der Waals surface area contributed by atoms with Crippen LogP contribution in [-0.2, 0) is 54.8 Å². The number of carbonyl (C=O) groups excluding carboxylic acids is 4. The number of fused-ring (bicyclic) bond motifs is 4. The number of phenols is 2. The third-order valence-electron chi connectivity index (χ3n) is 17.1. The number of phenolic OH excluding ortho intramolecular Hbond substituents is 2. The lowest BCUT2D eigenvalue weighted by atomic mass is 10.0. The molecule has 0 atom stereocenters. The van der Waals surface area contributed by atoms with Gasteiger partial charge in [-0.05, 0) is 131 Å². The van der Waals surface area contributed by atoms with Crippen LogP contribution in [0.4, 0.5) is 45.8 Å². The first-order valence-electron chi connectivity index (χ1n) is 33.9. The molecule has 12 aromatic rings. The number of hydrogen-bond acceptors (Lipinski definition) is 24. The first-order valence-corrected chi connectivity index (χ1v) is 33.9. The van der Waals surface area contributed by atoms with Gasteiger partial charge in [0.2, 0.25) is 23.6 Å². The van der Waals surface area contributed by atoms with E-state index in [0.717, 1.165) is 44.5 Å². The molecular formula is C76H76N18O12. The summed E-state index contributed by atoms with van der Waals surface area (Å²) in [4.78, 5) is 78.3. The molecule has 0 bridgehead atoms. The van der Waals surface area contributed by atoms with Gasteiger partial charge < -0.3 is 72.1 Å². The van der Waals surface area contributed by atoms with E-state index in [4.69, 9.17) is 30.4 Å². The fraction of sp³-hybridized carbons (Fsp3) is 0.237. The summed E-state index contributed by atoms with van der Waals surface area (Å²) in [5.41, 5.74) is 22.0. The van der Waals surface area contributed by atoms with Gasteiger partial charge in [0.05, 0.1) is 59.8 Å². The van der Waals surface area contributed by atoms with E-state index in [9.17, 15) is 39.6 Å². The zero-order chi connectivity index (χ0) is 74.4. The Hall–Kier alpha value is -13.2. The highest BCUT2D eigenvalue weighted by molar-refractivity contribution is 6.08. The number of azo groups is 2. The number of nitrogens with one attached hydrogen (secondary N) is 4. The predicted octanol–water partition coefficient (Wildman–Crippen LogP) is 12.4. The summed E-state index contributed by atoms with van der Waals surface area (Å²) in [6.07, 6.45) is 0.714. The average Bonchev–Trinajstić information content (AvgIpc) is 1.29. The van der Waals surface area contributed by atoms with Gasteiger partial charge in [-0.15, -0.1) is 10.2 Å². The van der Waals surface area contributed by atoms with Gasteiger partial charge in [-0.25, -0.2) is 0 Å². The molecule has 4 heterocycles. The molecule has 30 heteroatoms. The van der Waals surface area contributed by atoms with Crippen molar-refractivity contribution in [3.63, 3.8) is 0 Å². The minimum absolute atomic E-state index is 0.0200. The number of aryl methyl sites for hydroxylation is 2. The molecule has 0 spiro atoms. The van der Waals surface area contributed by atoms with Crippen LogP contribution < -0.4 is 42.2 Å². The van der Waals surface area contributed by atoms with E-state index in [0.29, 0.717) is 68.8 Å². The van der Waals surface area contributed by atoms with Crippen molar-refractivity contribution in [3.05, 3.63) is 179 Å². The number of anilines is 4. The van der Waals surface area contributed by atoms with E-state index in [-0.39, 0.29) is 171 Å². The highest BCUT2D eigenvalue weighted by Crippen LogP contribution is 2.43. The first kappa shape index (κ1) is 72.6. The van der Waals surface area contributed by atoms with Crippen molar-refractivity contribution < 1.29 is 58.6 Å². The molecule has 0 saturated carbocycles. The van der Waals surface area contributed by atoms with Crippen LogP contribution in [0.5, 0.6) is 35.5 Å². The molecule has 106 heavy (non-hydrogen) atoms. The van der Waals surface area contributed by atoms with Gasteiger partial charge in [0, 0.05) is 53.0 Å². The average molecular weight is 1430 g/mol. The predicted molar refractivity (Wildman–Crippen MR) is 398 cm³/mol. The number of methoxy groups -OCH3 is 2. The first-order chi connectivity index (χ1) is 51.3. The molecule has 0 aliphatic rings. The number of imidazole rings is 2. The number of aromatic nitrogens is 8. The second-order valence-corrected chi connectivity index (χ2v) is 25.0. The Labute approximate surface area is 606 Å². The van der Waals surface area contributed by atoms with Gasteiger partial charge in [-0.3, -0.25) is 28.3 Å². The second-order valence-electron chi connectivity index (χ2n) is 25.0. The summed E-state index contributed by atoms with van der Waals surface area (Å²) < 4.78 is 24.1. The molecule has 12 N–H and O–H groups in total. The Morgan fingerprint density at radius 1 is 0.443 bits per heavy atom. The number of carbonyl (C=O) groups is 4. The van der Waals surface area contributed by atoms with Gasteiger partial charge in [-0.1, -0.05) is 97.1 Å². The number of ether oxygens (including phenoxy) is 4. The Morgan fingerprint density at radius 2 is 0.821 bits per heavy atom. The lowest BCUT2D eigenvalue weighted by molar-refractivity contribution is -0.122. The van der Waals surface area contributed by atoms with E-state index in [1.165, 1.54) is 9.13 Å². The molecule has 0 fully saturated rings. The number of rotatable bonds is 31. The summed E-state index contributed by atoms with van der Waals surface area (Å²) in [6, 6.07) is 43.0. The molecule has 0 aliphatic carbocycles. The number of hydrogen-bond donors (Lipinski definition) is 10. The van der Waals surface area contributed by atoms with Gasteiger partial charge in [0.15, 0.2) is 34.0 Å². The normalized spacial score (nSPS) is 11.5. The fourth-order valence-corrected chi connectivity index (χ4v) is 11.8. The molecule has 4 aromatic heterocycles. The van der Waals surface area contributed by atoms with E-state index >= 15 is 0 Å². The van der Waals surface area contributed by atoms with E-state index < -0.39 is 0 Å². The van der Waals surface area contributed by atoms with Gasteiger partial charge in [-0.2, -0.15) is 40.1 Å². The summed E-state index contributed by atoms with van der Waals surface area (Å²) in [5, 5.41) is 75.9. The molecule has 30 nitrogen and oxygen atoms in total. The molecule has 0 unspecified atom stereocenters. The molecule has 8 aromatic carbocycles. The molecule has 0 saturated heterocycles. The summed E-state index contributed by atoms with van der Waals surface area (Å²) in [7, 11) is 3.09. The lowest BCUT2D eigenvalue weighted by Crippen LogP contribution is -2.23. The van der Waals surface area contributed by atoms with Crippen LogP contribution in [0.1, 0.15) is 71.9 Å². The van der Waals surface area contributed by atoms with Crippen molar-refractivity contribution >= 4 is 113 Å². The minimum Gasteiger partial charge on any atom is -0.507 e. The third kappa shape index (κ3) is 17.8. The summed E-state index contributed by atoms with van der Waals surface area (Å²) in [6.45, 7) is 5.70. The Kier molecular flexibility index (Phi) is 22.8. The van der Waals surface area contributed by atoms with Crippen molar-refractivity contribution in [2.45, 2.75) is 78.6 Å². The van der Waals surface area contributed by atoms with Gasteiger partial charge in [0.25, 0.3) is 12.0 Å². The molecule has 0 aliphatic heterocycles. The van der Waals surface area contributed by atoms with Crippen molar-refractivity contribution in [1.82, 2.24) is 49.7 Å². The third-order valence-corrected chi connectivity index (χ3v) is 17.1. The maximum Gasteiger partial charge on any atom is 0.320 e. The molecule has 0 radical (unpaired) electrons. The number of nitrogen functional groups attached to an aromatic ring is 2.